The molecule has 0 aliphatic rings. The molecule has 1 heterocycles. The predicted octanol–water partition coefficient (Wildman–Crippen LogP) is 3.59. The molecule has 3 N–H and O–H groups in total. The fourth-order valence-corrected chi connectivity index (χ4v) is 2.98. The summed E-state index contributed by atoms with van der Waals surface area (Å²) < 4.78 is 15.4. The van der Waals surface area contributed by atoms with E-state index in [0.29, 0.717) is 41.9 Å². The topological polar surface area (TPSA) is 96.7 Å². The second-order valence-corrected chi connectivity index (χ2v) is 6.99. The Balaban J connectivity index is 1.63. The highest BCUT2D eigenvalue weighted by Gasteiger charge is 2.16. The second kappa shape index (κ2) is 8.67. The van der Waals surface area contributed by atoms with Gasteiger partial charge in [-0.3, -0.25) is 4.79 Å². The molecule has 1 amide bonds. The van der Waals surface area contributed by atoms with Crippen molar-refractivity contribution in [1.29, 1.82) is 5.26 Å². The number of nitrogens with two attached hydrogens (primary N) is 1. The third-order valence-corrected chi connectivity index (χ3v) is 4.69. The number of nitriles is 1. The van der Waals surface area contributed by atoms with E-state index in [2.05, 4.69) is 32.4 Å². The van der Waals surface area contributed by atoms with Gasteiger partial charge in [0.1, 0.15) is 23.3 Å². The number of nitrogen functional groups attached to an aromatic ring is 1. The molecule has 6 nitrogen and oxygen atoms in total. The molecule has 0 fully saturated rings. The van der Waals surface area contributed by atoms with Gasteiger partial charge in [-0.1, -0.05) is 15.9 Å². The zero-order valence-electron chi connectivity index (χ0n) is 14.8. The first-order valence-corrected chi connectivity index (χ1v) is 9.36. The number of rotatable bonds is 6. The maximum Gasteiger partial charge on any atom is 0.251 e. The maximum atomic E-state index is 13.1. The number of anilines is 1. The number of carbonyl (C=O) groups excluding carboxylic acids is 1. The van der Waals surface area contributed by atoms with E-state index in [1.807, 2.05) is 0 Å². The van der Waals surface area contributed by atoms with E-state index in [1.165, 1.54) is 16.8 Å². The molecular weight excluding hydrogens is 425 g/mol. The molecule has 0 saturated carbocycles. The van der Waals surface area contributed by atoms with Gasteiger partial charge in [0.05, 0.1) is 11.4 Å². The number of carbonyl (C=O) groups is 1. The van der Waals surface area contributed by atoms with Crippen LogP contribution < -0.4 is 11.1 Å². The van der Waals surface area contributed by atoms with Crippen LogP contribution in [-0.2, 0) is 6.42 Å². The molecule has 0 saturated heterocycles. The van der Waals surface area contributed by atoms with E-state index in [0.717, 1.165) is 4.47 Å². The van der Waals surface area contributed by atoms with Crippen LogP contribution in [0.3, 0.4) is 0 Å². The minimum Gasteiger partial charge on any atom is -0.382 e. The Morgan fingerprint density at radius 3 is 2.54 bits per heavy atom. The Morgan fingerprint density at radius 1 is 1.21 bits per heavy atom. The number of halogens is 2. The summed E-state index contributed by atoms with van der Waals surface area (Å²) >= 11 is 3.33. The molecule has 0 bridgehead atoms. The Morgan fingerprint density at radius 2 is 1.89 bits per heavy atom. The van der Waals surface area contributed by atoms with Crippen molar-refractivity contribution < 1.29 is 9.18 Å². The van der Waals surface area contributed by atoms with Crippen LogP contribution in [0, 0.1) is 17.1 Å². The first-order chi connectivity index (χ1) is 13.5. The van der Waals surface area contributed by atoms with Crippen LogP contribution in [0.4, 0.5) is 10.2 Å². The lowest BCUT2D eigenvalue weighted by Gasteiger charge is -2.05. The van der Waals surface area contributed by atoms with Gasteiger partial charge in [-0.15, -0.1) is 0 Å². The van der Waals surface area contributed by atoms with Crippen molar-refractivity contribution in [3.63, 3.8) is 0 Å². The summed E-state index contributed by atoms with van der Waals surface area (Å²) in [6.45, 7) is 0.434. The van der Waals surface area contributed by atoms with E-state index in [9.17, 15) is 14.4 Å². The number of hydrogen-bond acceptors (Lipinski definition) is 4. The molecule has 0 aliphatic carbocycles. The molecule has 0 spiro atoms. The van der Waals surface area contributed by atoms with E-state index in [1.54, 1.807) is 36.4 Å². The van der Waals surface area contributed by atoms with Crippen molar-refractivity contribution in [3.8, 4) is 11.8 Å². The van der Waals surface area contributed by atoms with Crippen LogP contribution in [0.25, 0.3) is 5.69 Å². The number of hydrogen-bond donors (Lipinski definition) is 2. The fourth-order valence-electron chi connectivity index (χ4n) is 2.72. The minimum absolute atomic E-state index is 0.163. The van der Waals surface area contributed by atoms with Gasteiger partial charge >= 0.3 is 0 Å². The van der Waals surface area contributed by atoms with E-state index in [-0.39, 0.29) is 17.5 Å². The van der Waals surface area contributed by atoms with Crippen molar-refractivity contribution in [2.45, 2.75) is 12.8 Å². The maximum absolute atomic E-state index is 13.1. The molecule has 142 valence electrons. The largest absolute Gasteiger partial charge is 0.382 e. The molecule has 0 aliphatic heterocycles. The number of nitrogens with zero attached hydrogens (tertiary/aromatic N) is 3. The number of nitrogens with one attached hydrogen (secondary N) is 1. The van der Waals surface area contributed by atoms with Gasteiger partial charge in [-0.25, -0.2) is 9.07 Å². The zero-order chi connectivity index (χ0) is 20.1. The van der Waals surface area contributed by atoms with Crippen LogP contribution in [0.5, 0.6) is 0 Å². The molecule has 28 heavy (non-hydrogen) atoms. The number of amides is 1. The monoisotopic (exact) mass is 441 g/mol. The van der Waals surface area contributed by atoms with Crippen molar-refractivity contribution in [2.75, 3.05) is 12.3 Å². The summed E-state index contributed by atoms with van der Waals surface area (Å²) in [5.74, 6) is -0.316. The Hall–Kier alpha value is -3.18. The van der Waals surface area contributed by atoms with Crippen molar-refractivity contribution in [3.05, 3.63) is 75.6 Å². The normalized spacial score (nSPS) is 10.5. The average Bonchev–Trinajstić information content (AvgIpc) is 3.01. The van der Waals surface area contributed by atoms with Crippen molar-refractivity contribution >= 4 is 27.7 Å². The van der Waals surface area contributed by atoms with Gasteiger partial charge < -0.3 is 11.1 Å². The third-order valence-electron chi connectivity index (χ3n) is 4.16. The smallest absolute Gasteiger partial charge is 0.251 e. The quantitative estimate of drug-likeness (QED) is 0.571. The first-order valence-electron chi connectivity index (χ1n) is 8.57. The molecule has 1 aromatic heterocycles. The van der Waals surface area contributed by atoms with E-state index < -0.39 is 0 Å². The average molecular weight is 442 g/mol. The fraction of sp³-hybridized carbons (Fsp3) is 0.150. The standard InChI is InChI=1S/C20H17BrFN5O/c21-14-5-3-13(4-6-14)20(28)25-11-1-2-18-17(12-23)19(24)27(26-18)16-9-7-15(22)8-10-16/h3-10H,1-2,11,24H2,(H,25,28). The molecule has 0 atom stereocenters. The second-order valence-electron chi connectivity index (χ2n) is 6.07. The summed E-state index contributed by atoms with van der Waals surface area (Å²) in [5.41, 5.74) is 8.02. The molecule has 0 radical (unpaired) electrons. The lowest BCUT2D eigenvalue weighted by atomic mass is 10.1. The minimum atomic E-state index is -0.364. The Labute approximate surface area is 169 Å². The summed E-state index contributed by atoms with van der Waals surface area (Å²) in [4.78, 5) is 12.1. The highest BCUT2D eigenvalue weighted by Crippen LogP contribution is 2.21. The first kappa shape index (κ1) is 19.6. The SMILES string of the molecule is N#Cc1c(CCCNC(=O)c2ccc(Br)cc2)nn(-c2ccc(F)cc2)c1N. The molecule has 3 rings (SSSR count). The number of aromatic nitrogens is 2. The predicted molar refractivity (Wildman–Crippen MR) is 107 cm³/mol. The van der Waals surface area contributed by atoms with Crippen molar-refractivity contribution in [1.82, 2.24) is 15.1 Å². The van der Waals surface area contributed by atoms with Crippen LogP contribution in [-0.4, -0.2) is 22.2 Å². The summed E-state index contributed by atoms with van der Waals surface area (Å²) in [7, 11) is 0. The van der Waals surface area contributed by atoms with Gasteiger partial charge in [-0.2, -0.15) is 10.4 Å². The summed E-state index contributed by atoms with van der Waals surface area (Å²) in [5, 5.41) is 16.6. The van der Waals surface area contributed by atoms with Crippen molar-refractivity contribution in [2.24, 2.45) is 0 Å². The molecular formula is C20H17BrFN5O. The lowest BCUT2D eigenvalue weighted by Crippen LogP contribution is -2.24. The van der Waals surface area contributed by atoms with Crippen LogP contribution in [0.2, 0.25) is 0 Å². The number of benzene rings is 2. The zero-order valence-corrected chi connectivity index (χ0v) is 16.4. The highest BCUT2D eigenvalue weighted by atomic mass is 79.9. The Bertz CT molecular complexity index is 1020. The molecule has 3 aromatic rings. The van der Waals surface area contributed by atoms with Gasteiger partial charge in [0.15, 0.2) is 0 Å². The molecule has 2 aromatic carbocycles. The summed E-state index contributed by atoms with van der Waals surface area (Å²) in [6, 6.07) is 14.8. The van der Waals surface area contributed by atoms with Gasteiger partial charge in [-0.05, 0) is 61.4 Å². The number of aryl methyl sites for hydroxylation is 1. The lowest BCUT2D eigenvalue weighted by molar-refractivity contribution is 0.0953. The van der Waals surface area contributed by atoms with Gasteiger partial charge in [0.25, 0.3) is 5.91 Å². The highest BCUT2D eigenvalue weighted by molar-refractivity contribution is 9.10. The van der Waals surface area contributed by atoms with Crippen LogP contribution in [0.15, 0.2) is 53.0 Å². The Kier molecular flexibility index (Phi) is 6.06. The molecule has 8 heteroatoms. The summed E-state index contributed by atoms with van der Waals surface area (Å²) in [6.07, 6.45) is 1.07. The van der Waals surface area contributed by atoms with Gasteiger partial charge in [0.2, 0.25) is 0 Å². The van der Waals surface area contributed by atoms with Crippen LogP contribution in [0.1, 0.15) is 28.0 Å². The van der Waals surface area contributed by atoms with E-state index in [4.69, 9.17) is 5.73 Å². The van der Waals surface area contributed by atoms with Gasteiger partial charge in [0, 0.05) is 16.6 Å². The molecule has 0 unspecified atom stereocenters. The third kappa shape index (κ3) is 4.38. The van der Waals surface area contributed by atoms with E-state index >= 15 is 0 Å². The van der Waals surface area contributed by atoms with Crippen LogP contribution >= 0.6 is 15.9 Å².